The molecule has 1 rings (SSSR count). The minimum absolute atomic E-state index is 0.101. The summed E-state index contributed by atoms with van der Waals surface area (Å²) >= 11 is 0. The zero-order chi connectivity index (χ0) is 16.5. The van der Waals surface area contributed by atoms with Gasteiger partial charge in [-0.3, -0.25) is 0 Å². The molecule has 2 amide bonds. The fourth-order valence-corrected chi connectivity index (χ4v) is 2.56. The van der Waals surface area contributed by atoms with Gasteiger partial charge in [-0.05, 0) is 6.42 Å². The first-order chi connectivity index (χ1) is 10.6. The maximum atomic E-state index is 12.3. The molecule has 1 aliphatic heterocycles. The second kappa shape index (κ2) is 9.73. The molecule has 1 heterocycles. The number of ether oxygens (including phenoxy) is 2. The number of hydrogen-bond acceptors (Lipinski definition) is 6. The molecule has 8 heteroatoms. The highest BCUT2D eigenvalue weighted by Crippen LogP contribution is 2.24. The largest absolute Gasteiger partial charge is 0.394 e. The van der Waals surface area contributed by atoms with Crippen molar-refractivity contribution < 1.29 is 29.3 Å². The molecule has 128 valence electrons. The normalized spacial score (nSPS) is 28.2. The van der Waals surface area contributed by atoms with E-state index < -0.39 is 24.2 Å². The van der Waals surface area contributed by atoms with Crippen LogP contribution in [0.5, 0.6) is 0 Å². The van der Waals surface area contributed by atoms with Crippen LogP contribution in [0.2, 0.25) is 0 Å². The summed E-state index contributed by atoms with van der Waals surface area (Å²) in [7, 11) is 1.54. The van der Waals surface area contributed by atoms with E-state index in [1.807, 2.05) is 6.92 Å². The lowest BCUT2D eigenvalue weighted by atomic mass is 9.88. The second-order valence-electron chi connectivity index (χ2n) is 5.24. The Morgan fingerprint density at radius 3 is 2.82 bits per heavy atom. The Labute approximate surface area is 130 Å². The number of methoxy groups -OCH3 is 1. The first-order valence-corrected chi connectivity index (χ1v) is 7.49. The van der Waals surface area contributed by atoms with E-state index in [0.29, 0.717) is 32.4 Å². The number of hydrogen-bond donors (Lipinski definition) is 3. The summed E-state index contributed by atoms with van der Waals surface area (Å²) in [5.74, 6) is -0.786. The van der Waals surface area contributed by atoms with E-state index >= 15 is 0 Å². The second-order valence-corrected chi connectivity index (χ2v) is 5.24. The Bertz CT molecular complexity index is 354. The van der Waals surface area contributed by atoms with Gasteiger partial charge in [-0.15, -0.1) is 0 Å². The number of aliphatic hydroxyl groups excluding tert-OH is 2. The predicted molar refractivity (Wildman–Crippen MR) is 78.4 cm³/mol. The van der Waals surface area contributed by atoms with Crippen molar-refractivity contribution in [3.8, 4) is 0 Å². The van der Waals surface area contributed by atoms with E-state index in [1.54, 1.807) is 7.11 Å². The lowest BCUT2D eigenvalue weighted by molar-refractivity contribution is -0.156. The quantitative estimate of drug-likeness (QED) is 0.391. The molecule has 3 N–H and O–H groups in total. The minimum atomic E-state index is -1.13. The number of carbonyl (C=O) groups is 2. The van der Waals surface area contributed by atoms with Gasteiger partial charge in [0.1, 0.15) is 12.4 Å². The van der Waals surface area contributed by atoms with Crippen LogP contribution in [0.1, 0.15) is 13.3 Å². The van der Waals surface area contributed by atoms with E-state index in [0.717, 1.165) is 0 Å². The SMILES string of the molecule is CCCN(C(=O)NCCOC)[C@H]1CO[C@H](CO)[C@H](O)[C@@H]1C=O. The fourth-order valence-electron chi connectivity index (χ4n) is 2.56. The molecule has 0 radical (unpaired) electrons. The molecule has 0 spiro atoms. The van der Waals surface area contributed by atoms with Gasteiger partial charge in [-0.25, -0.2) is 4.79 Å². The van der Waals surface area contributed by atoms with Crippen molar-refractivity contribution in [1.82, 2.24) is 10.2 Å². The van der Waals surface area contributed by atoms with Gasteiger partial charge in [0.2, 0.25) is 0 Å². The highest BCUT2D eigenvalue weighted by molar-refractivity contribution is 5.75. The predicted octanol–water partition coefficient (Wildman–Crippen LogP) is -1.01. The Morgan fingerprint density at radius 2 is 2.27 bits per heavy atom. The van der Waals surface area contributed by atoms with Crippen LogP contribution in [-0.2, 0) is 14.3 Å². The van der Waals surface area contributed by atoms with E-state index in [9.17, 15) is 14.7 Å². The van der Waals surface area contributed by atoms with Gasteiger partial charge < -0.3 is 34.7 Å². The average molecular weight is 318 g/mol. The lowest BCUT2D eigenvalue weighted by Gasteiger charge is -2.42. The maximum Gasteiger partial charge on any atom is 0.317 e. The summed E-state index contributed by atoms with van der Waals surface area (Å²) < 4.78 is 10.3. The highest BCUT2D eigenvalue weighted by atomic mass is 16.5. The third-order valence-electron chi connectivity index (χ3n) is 3.75. The van der Waals surface area contributed by atoms with Crippen LogP contribution in [0.4, 0.5) is 4.79 Å². The topological polar surface area (TPSA) is 108 Å². The van der Waals surface area contributed by atoms with Crippen LogP contribution in [0.25, 0.3) is 0 Å². The highest BCUT2D eigenvalue weighted by Gasteiger charge is 2.42. The number of urea groups is 1. The van der Waals surface area contributed by atoms with Crippen LogP contribution in [0.3, 0.4) is 0 Å². The van der Waals surface area contributed by atoms with Crippen molar-refractivity contribution in [2.45, 2.75) is 31.6 Å². The number of rotatable bonds is 8. The molecule has 0 saturated carbocycles. The monoisotopic (exact) mass is 318 g/mol. The molecule has 0 aromatic heterocycles. The molecule has 0 unspecified atom stereocenters. The van der Waals surface area contributed by atoms with Gasteiger partial charge in [0.05, 0.1) is 37.9 Å². The number of aldehydes is 1. The van der Waals surface area contributed by atoms with Crippen molar-refractivity contribution in [1.29, 1.82) is 0 Å². The number of nitrogens with one attached hydrogen (secondary N) is 1. The fraction of sp³-hybridized carbons (Fsp3) is 0.857. The van der Waals surface area contributed by atoms with E-state index in [2.05, 4.69) is 5.32 Å². The number of carbonyl (C=O) groups excluding carboxylic acids is 2. The van der Waals surface area contributed by atoms with Gasteiger partial charge in [-0.1, -0.05) is 6.92 Å². The van der Waals surface area contributed by atoms with Gasteiger partial charge in [-0.2, -0.15) is 0 Å². The molecule has 8 nitrogen and oxygen atoms in total. The first-order valence-electron chi connectivity index (χ1n) is 7.49. The molecule has 0 aromatic carbocycles. The van der Waals surface area contributed by atoms with Gasteiger partial charge in [0.25, 0.3) is 0 Å². The number of amides is 2. The molecule has 0 aliphatic carbocycles. The van der Waals surface area contributed by atoms with Crippen LogP contribution in [-0.4, -0.2) is 85.7 Å². The summed E-state index contributed by atoms with van der Waals surface area (Å²) in [4.78, 5) is 25.1. The third-order valence-corrected chi connectivity index (χ3v) is 3.75. The van der Waals surface area contributed by atoms with Crippen LogP contribution < -0.4 is 5.32 Å². The lowest BCUT2D eigenvalue weighted by Crippen LogP contribution is -2.60. The molecule has 1 fully saturated rings. The molecule has 22 heavy (non-hydrogen) atoms. The van der Waals surface area contributed by atoms with Crippen molar-refractivity contribution >= 4 is 12.3 Å². The Kier molecular flexibility index (Phi) is 8.32. The third kappa shape index (κ3) is 4.64. The zero-order valence-corrected chi connectivity index (χ0v) is 13.1. The molecule has 0 bridgehead atoms. The smallest absolute Gasteiger partial charge is 0.317 e. The van der Waals surface area contributed by atoms with Crippen molar-refractivity contribution in [2.75, 3.05) is 40.0 Å². The standard InChI is InChI=1S/C14H26N2O6/c1-3-5-16(14(20)15-4-6-21-2)11-9-22-12(8-18)13(19)10(11)7-17/h7,10-13,18-19H,3-6,8-9H2,1-2H3,(H,15,20)/t10-,11+,12-,13-/m1/s1. The van der Waals surface area contributed by atoms with Gasteiger partial charge in [0.15, 0.2) is 0 Å². The van der Waals surface area contributed by atoms with Crippen LogP contribution in [0, 0.1) is 5.92 Å². The van der Waals surface area contributed by atoms with Crippen molar-refractivity contribution in [2.24, 2.45) is 5.92 Å². The van der Waals surface area contributed by atoms with E-state index in [-0.39, 0.29) is 19.2 Å². The molecule has 1 aliphatic rings. The van der Waals surface area contributed by atoms with Crippen LogP contribution in [0.15, 0.2) is 0 Å². The van der Waals surface area contributed by atoms with Gasteiger partial charge >= 0.3 is 6.03 Å². The van der Waals surface area contributed by atoms with Crippen molar-refractivity contribution in [3.63, 3.8) is 0 Å². The number of nitrogens with zero attached hydrogens (tertiary/aromatic N) is 1. The Morgan fingerprint density at radius 1 is 1.55 bits per heavy atom. The number of aliphatic hydroxyl groups is 2. The van der Waals surface area contributed by atoms with Gasteiger partial charge in [0, 0.05) is 20.2 Å². The van der Waals surface area contributed by atoms with Crippen molar-refractivity contribution in [3.05, 3.63) is 0 Å². The minimum Gasteiger partial charge on any atom is -0.394 e. The molecule has 1 saturated heterocycles. The summed E-state index contributed by atoms with van der Waals surface area (Å²) in [6.45, 7) is 2.83. The molecular weight excluding hydrogens is 292 g/mol. The summed E-state index contributed by atoms with van der Waals surface area (Å²) in [5, 5.41) is 22.0. The summed E-state index contributed by atoms with van der Waals surface area (Å²) in [6, 6.07) is -0.883. The van der Waals surface area contributed by atoms with E-state index in [4.69, 9.17) is 14.6 Å². The van der Waals surface area contributed by atoms with Crippen LogP contribution >= 0.6 is 0 Å². The molecular formula is C14H26N2O6. The van der Waals surface area contributed by atoms with E-state index in [1.165, 1.54) is 4.90 Å². The molecule has 0 aromatic rings. The zero-order valence-electron chi connectivity index (χ0n) is 13.1. The summed E-state index contributed by atoms with van der Waals surface area (Å²) in [5.41, 5.74) is 0. The Balaban J connectivity index is 2.80. The maximum absolute atomic E-state index is 12.3. The Hall–Kier alpha value is -1.22. The first kappa shape index (κ1) is 18.8. The summed E-state index contributed by atoms with van der Waals surface area (Å²) in [6.07, 6.45) is -0.593. The average Bonchev–Trinajstić information content (AvgIpc) is 2.52. The molecule has 4 atom stereocenters.